The Bertz CT molecular complexity index is 485. The van der Waals surface area contributed by atoms with Gasteiger partial charge in [-0.15, -0.1) is 0 Å². The molecule has 2 aromatic rings. The maximum atomic E-state index is 5.55. The van der Waals surface area contributed by atoms with Crippen LogP contribution < -0.4 is 15.8 Å². The van der Waals surface area contributed by atoms with Crippen molar-refractivity contribution in [1.29, 1.82) is 0 Å². The van der Waals surface area contributed by atoms with Crippen LogP contribution in [0.2, 0.25) is 0 Å². The molecule has 88 valence electrons. The summed E-state index contributed by atoms with van der Waals surface area (Å²) >= 11 is 0. The van der Waals surface area contributed by atoms with Crippen LogP contribution in [0.4, 0.5) is 11.8 Å². The van der Waals surface area contributed by atoms with Crippen molar-refractivity contribution in [3.05, 3.63) is 36.2 Å². The predicted molar refractivity (Wildman–Crippen MR) is 64.6 cm³/mol. The highest BCUT2D eigenvalue weighted by atomic mass is 16.5. The minimum atomic E-state index is 0.440. The fourth-order valence-electron chi connectivity index (χ4n) is 1.28. The lowest BCUT2D eigenvalue weighted by atomic mass is 10.3. The SMILES string of the molecule is COc1ccc(CNc2nccc(N)n2)cn1. The number of anilines is 2. The zero-order chi connectivity index (χ0) is 12.1. The van der Waals surface area contributed by atoms with Gasteiger partial charge >= 0.3 is 0 Å². The molecular formula is C11H13N5O. The Kier molecular flexibility index (Phi) is 3.34. The molecule has 0 spiro atoms. The molecule has 0 aromatic carbocycles. The second kappa shape index (κ2) is 5.11. The van der Waals surface area contributed by atoms with Gasteiger partial charge in [0.2, 0.25) is 11.8 Å². The summed E-state index contributed by atoms with van der Waals surface area (Å²) in [5.41, 5.74) is 6.56. The third-order valence-corrected chi connectivity index (χ3v) is 2.13. The second-order valence-electron chi connectivity index (χ2n) is 3.37. The molecule has 0 amide bonds. The average Bonchev–Trinajstić information content (AvgIpc) is 2.37. The molecule has 0 bridgehead atoms. The molecule has 3 N–H and O–H groups in total. The average molecular weight is 231 g/mol. The van der Waals surface area contributed by atoms with Crippen LogP contribution in [0.1, 0.15) is 5.56 Å². The number of hydrogen-bond donors (Lipinski definition) is 2. The van der Waals surface area contributed by atoms with Crippen molar-refractivity contribution in [2.45, 2.75) is 6.54 Å². The van der Waals surface area contributed by atoms with E-state index in [2.05, 4.69) is 20.3 Å². The molecule has 0 saturated carbocycles. The Morgan fingerprint density at radius 3 is 2.82 bits per heavy atom. The summed E-state index contributed by atoms with van der Waals surface area (Å²) in [7, 11) is 1.58. The van der Waals surface area contributed by atoms with E-state index in [0.717, 1.165) is 5.56 Å². The molecule has 0 aliphatic heterocycles. The quantitative estimate of drug-likeness (QED) is 0.818. The van der Waals surface area contributed by atoms with Gasteiger partial charge in [-0.3, -0.25) is 0 Å². The Morgan fingerprint density at radius 2 is 2.18 bits per heavy atom. The molecule has 0 aliphatic carbocycles. The number of methoxy groups -OCH3 is 1. The van der Waals surface area contributed by atoms with Crippen molar-refractivity contribution in [3.63, 3.8) is 0 Å². The number of pyridine rings is 1. The van der Waals surface area contributed by atoms with Crippen LogP contribution in [0.3, 0.4) is 0 Å². The van der Waals surface area contributed by atoms with Crippen molar-refractivity contribution in [2.24, 2.45) is 0 Å². The first-order chi connectivity index (χ1) is 8.28. The Hall–Kier alpha value is -2.37. The predicted octanol–water partition coefficient (Wildman–Crippen LogP) is 1.07. The van der Waals surface area contributed by atoms with Crippen LogP contribution in [0.25, 0.3) is 0 Å². The van der Waals surface area contributed by atoms with E-state index in [-0.39, 0.29) is 0 Å². The van der Waals surface area contributed by atoms with Crippen LogP contribution >= 0.6 is 0 Å². The van der Waals surface area contributed by atoms with Gasteiger partial charge in [0.05, 0.1) is 7.11 Å². The molecule has 0 atom stereocenters. The first-order valence-electron chi connectivity index (χ1n) is 5.09. The second-order valence-corrected chi connectivity index (χ2v) is 3.37. The summed E-state index contributed by atoms with van der Waals surface area (Å²) in [5.74, 6) is 1.53. The molecule has 2 heterocycles. The Balaban J connectivity index is 1.97. The molecule has 0 fully saturated rings. The van der Waals surface area contributed by atoms with Gasteiger partial charge in [0.25, 0.3) is 0 Å². The van der Waals surface area contributed by atoms with Crippen LogP contribution in [-0.4, -0.2) is 22.1 Å². The fraction of sp³-hybridized carbons (Fsp3) is 0.182. The minimum absolute atomic E-state index is 0.440. The molecule has 0 unspecified atom stereocenters. The lowest BCUT2D eigenvalue weighted by molar-refractivity contribution is 0.397. The van der Waals surface area contributed by atoms with Gasteiger partial charge in [0.1, 0.15) is 5.82 Å². The van der Waals surface area contributed by atoms with E-state index >= 15 is 0 Å². The molecular weight excluding hydrogens is 218 g/mol. The van der Waals surface area contributed by atoms with Crippen LogP contribution in [0.5, 0.6) is 5.88 Å². The highest BCUT2D eigenvalue weighted by Crippen LogP contribution is 2.08. The highest BCUT2D eigenvalue weighted by Gasteiger charge is 1.98. The van der Waals surface area contributed by atoms with Gasteiger partial charge in [0.15, 0.2) is 0 Å². The van der Waals surface area contributed by atoms with Crippen molar-refractivity contribution >= 4 is 11.8 Å². The largest absolute Gasteiger partial charge is 0.481 e. The van der Waals surface area contributed by atoms with Gasteiger partial charge in [-0.2, -0.15) is 4.98 Å². The number of rotatable bonds is 4. The normalized spacial score (nSPS) is 9.94. The van der Waals surface area contributed by atoms with E-state index < -0.39 is 0 Å². The monoisotopic (exact) mass is 231 g/mol. The van der Waals surface area contributed by atoms with E-state index in [4.69, 9.17) is 10.5 Å². The minimum Gasteiger partial charge on any atom is -0.481 e. The summed E-state index contributed by atoms with van der Waals surface area (Å²) in [4.78, 5) is 12.2. The van der Waals surface area contributed by atoms with E-state index in [0.29, 0.717) is 24.2 Å². The molecule has 0 radical (unpaired) electrons. The summed E-state index contributed by atoms with van der Waals surface area (Å²) in [6.45, 7) is 0.584. The molecule has 2 rings (SSSR count). The zero-order valence-corrected chi connectivity index (χ0v) is 9.42. The van der Waals surface area contributed by atoms with Crippen molar-refractivity contribution in [1.82, 2.24) is 15.0 Å². The summed E-state index contributed by atoms with van der Waals surface area (Å²) < 4.78 is 4.97. The van der Waals surface area contributed by atoms with Crippen LogP contribution in [0.15, 0.2) is 30.6 Å². The Morgan fingerprint density at radius 1 is 1.29 bits per heavy atom. The van der Waals surface area contributed by atoms with E-state index in [9.17, 15) is 0 Å². The number of nitrogens with zero attached hydrogens (tertiary/aromatic N) is 3. The third-order valence-electron chi connectivity index (χ3n) is 2.13. The number of hydrogen-bond acceptors (Lipinski definition) is 6. The van der Waals surface area contributed by atoms with Gasteiger partial charge in [-0.25, -0.2) is 9.97 Å². The van der Waals surface area contributed by atoms with Gasteiger partial charge < -0.3 is 15.8 Å². The smallest absolute Gasteiger partial charge is 0.224 e. The number of nitrogens with one attached hydrogen (secondary N) is 1. The van der Waals surface area contributed by atoms with Crippen molar-refractivity contribution < 1.29 is 4.74 Å². The summed E-state index contributed by atoms with van der Waals surface area (Å²) in [5, 5.41) is 3.06. The van der Waals surface area contributed by atoms with Crippen molar-refractivity contribution in [3.8, 4) is 5.88 Å². The van der Waals surface area contributed by atoms with Gasteiger partial charge in [-0.1, -0.05) is 6.07 Å². The highest BCUT2D eigenvalue weighted by molar-refractivity contribution is 5.35. The number of nitrogen functional groups attached to an aromatic ring is 1. The van der Waals surface area contributed by atoms with Crippen molar-refractivity contribution in [2.75, 3.05) is 18.2 Å². The first-order valence-corrected chi connectivity index (χ1v) is 5.09. The lowest BCUT2D eigenvalue weighted by Gasteiger charge is -2.05. The molecule has 0 aliphatic rings. The first kappa shape index (κ1) is 11.1. The maximum Gasteiger partial charge on any atom is 0.224 e. The van der Waals surface area contributed by atoms with Gasteiger partial charge in [0, 0.05) is 25.0 Å². The Labute approximate surface area is 98.9 Å². The van der Waals surface area contributed by atoms with E-state index in [1.165, 1.54) is 0 Å². The number of ether oxygens (including phenoxy) is 1. The lowest BCUT2D eigenvalue weighted by Crippen LogP contribution is -2.05. The van der Waals surface area contributed by atoms with Crippen LogP contribution in [-0.2, 0) is 6.54 Å². The molecule has 0 saturated heterocycles. The number of aromatic nitrogens is 3. The third kappa shape index (κ3) is 3.04. The molecule has 6 nitrogen and oxygen atoms in total. The number of nitrogens with two attached hydrogens (primary N) is 1. The topological polar surface area (TPSA) is 86.0 Å². The fourth-order valence-corrected chi connectivity index (χ4v) is 1.28. The zero-order valence-electron chi connectivity index (χ0n) is 9.42. The molecule has 17 heavy (non-hydrogen) atoms. The van der Waals surface area contributed by atoms with Gasteiger partial charge in [-0.05, 0) is 11.6 Å². The summed E-state index contributed by atoms with van der Waals surface area (Å²) in [6.07, 6.45) is 3.34. The molecule has 6 heteroatoms. The van der Waals surface area contributed by atoms with E-state index in [1.807, 2.05) is 6.07 Å². The molecule has 2 aromatic heterocycles. The van der Waals surface area contributed by atoms with E-state index in [1.54, 1.807) is 31.6 Å². The summed E-state index contributed by atoms with van der Waals surface area (Å²) in [6, 6.07) is 5.36. The van der Waals surface area contributed by atoms with Crippen LogP contribution in [0, 0.1) is 0 Å². The standard InChI is InChI=1S/C11H13N5O/c1-17-10-3-2-8(6-14-10)7-15-11-13-5-4-9(12)16-11/h2-6H,7H2,1H3,(H3,12,13,15,16). The maximum absolute atomic E-state index is 5.55.